The van der Waals surface area contributed by atoms with E-state index in [4.69, 9.17) is 9.47 Å². The fourth-order valence-electron chi connectivity index (χ4n) is 4.26. The van der Waals surface area contributed by atoms with Crippen LogP contribution in [0.3, 0.4) is 0 Å². The Bertz CT molecular complexity index is 1580. The van der Waals surface area contributed by atoms with Gasteiger partial charge in [-0.1, -0.05) is 12.1 Å². The van der Waals surface area contributed by atoms with Crippen LogP contribution in [0.25, 0.3) is 16.6 Å². The number of nitrogens with zero attached hydrogens (tertiary/aromatic N) is 3. The van der Waals surface area contributed by atoms with E-state index < -0.39 is 15.8 Å². The zero-order chi connectivity index (χ0) is 25.4. The number of nitrogens with one attached hydrogen (secondary N) is 1. The van der Waals surface area contributed by atoms with Crippen LogP contribution in [-0.4, -0.2) is 48.2 Å². The highest BCUT2D eigenvalue weighted by molar-refractivity contribution is 7.90. The van der Waals surface area contributed by atoms with Crippen molar-refractivity contribution in [2.45, 2.75) is 24.8 Å². The summed E-state index contributed by atoms with van der Waals surface area (Å²) in [5.74, 6) is 0.0746. The number of imidazole rings is 1. The van der Waals surface area contributed by atoms with Crippen LogP contribution in [0.1, 0.15) is 28.5 Å². The molecule has 5 rings (SSSR count). The van der Waals surface area contributed by atoms with Crippen molar-refractivity contribution in [2.24, 2.45) is 0 Å². The number of carbonyl (C=O) groups excluding carboxylic acids is 1. The van der Waals surface area contributed by atoms with Gasteiger partial charge in [0, 0.05) is 42.1 Å². The molecule has 186 valence electrons. The molecule has 0 atom stereocenters. The molecule has 2 aromatic heterocycles. The first-order chi connectivity index (χ1) is 17.3. The summed E-state index contributed by atoms with van der Waals surface area (Å²) < 4.78 is 50.7. The second-order valence-electron chi connectivity index (χ2n) is 8.28. The highest BCUT2D eigenvalue weighted by Crippen LogP contribution is 2.32. The van der Waals surface area contributed by atoms with E-state index in [0.717, 1.165) is 11.8 Å². The molecule has 4 aromatic rings. The van der Waals surface area contributed by atoms with Gasteiger partial charge in [-0.3, -0.25) is 4.40 Å². The average molecular weight is 511 g/mol. The van der Waals surface area contributed by atoms with Crippen LogP contribution in [-0.2, 0) is 27.5 Å². The van der Waals surface area contributed by atoms with Crippen LogP contribution in [0, 0.1) is 5.82 Å². The summed E-state index contributed by atoms with van der Waals surface area (Å²) in [5.41, 5.74) is 3.03. The monoisotopic (exact) mass is 510 g/mol. The smallest absolute Gasteiger partial charge is 0.359 e. The van der Waals surface area contributed by atoms with Crippen molar-refractivity contribution in [1.82, 2.24) is 14.4 Å². The number of halogens is 1. The Hall–Kier alpha value is -3.99. The van der Waals surface area contributed by atoms with Crippen molar-refractivity contribution in [1.29, 1.82) is 0 Å². The first kappa shape index (κ1) is 23.7. The van der Waals surface area contributed by atoms with E-state index in [-0.39, 0.29) is 29.6 Å². The normalized spacial score (nSPS) is 12.9. The topological polar surface area (TPSA) is 112 Å². The summed E-state index contributed by atoms with van der Waals surface area (Å²) in [6.45, 7) is 2.53. The summed E-state index contributed by atoms with van der Waals surface area (Å²) in [5, 5.41) is 3.15. The molecule has 0 radical (unpaired) electrons. The van der Waals surface area contributed by atoms with Gasteiger partial charge in [-0.25, -0.2) is 27.6 Å². The summed E-state index contributed by atoms with van der Waals surface area (Å²) in [6.07, 6.45) is 4.76. The Morgan fingerprint density at radius 1 is 1.19 bits per heavy atom. The van der Waals surface area contributed by atoms with E-state index in [2.05, 4.69) is 15.3 Å². The zero-order valence-corrected chi connectivity index (χ0v) is 20.4. The van der Waals surface area contributed by atoms with Gasteiger partial charge in [0.15, 0.2) is 15.5 Å². The number of hydrogen-bond donors (Lipinski definition) is 1. The highest BCUT2D eigenvalue weighted by atomic mass is 32.2. The maximum absolute atomic E-state index is 14.6. The largest absolute Gasteiger partial charge is 0.493 e. The maximum Gasteiger partial charge on any atom is 0.359 e. The average Bonchev–Trinajstić information content (AvgIpc) is 3.51. The molecule has 0 amide bonds. The molecule has 0 unspecified atom stereocenters. The third-order valence-corrected chi connectivity index (χ3v) is 7.12. The van der Waals surface area contributed by atoms with Crippen LogP contribution in [0.2, 0.25) is 0 Å². The fraction of sp³-hybridized carbons (Fsp3) is 0.240. The maximum atomic E-state index is 14.6. The molecule has 1 aliphatic rings. The van der Waals surface area contributed by atoms with Crippen molar-refractivity contribution in [2.75, 3.05) is 24.8 Å². The molecule has 0 aliphatic carbocycles. The van der Waals surface area contributed by atoms with Crippen molar-refractivity contribution in [3.63, 3.8) is 0 Å². The number of rotatable bonds is 7. The van der Waals surface area contributed by atoms with Gasteiger partial charge in [0.2, 0.25) is 5.95 Å². The molecular formula is C25H23FN4O5S. The third-order valence-electron chi connectivity index (χ3n) is 5.99. The molecule has 0 spiro atoms. The number of esters is 1. The predicted octanol–water partition coefficient (Wildman–Crippen LogP) is 3.66. The van der Waals surface area contributed by atoms with Crippen molar-refractivity contribution in [3.8, 4) is 16.9 Å². The first-order valence-electron chi connectivity index (χ1n) is 11.3. The number of anilines is 1. The quantitative estimate of drug-likeness (QED) is 0.375. The van der Waals surface area contributed by atoms with Gasteiger partial charge in [-0.15, -0.1) is 0 Å². The number of fused-ring (bicyclic) bond motifs is 2. The summed E-state index contributed by atoms with van der Waals surface area (Å²) in [7, 11) is -3.37. The van der Waals surface area contributed by atoms with Gasteiger partial charge in [-0.2, -0.15) is 0 Å². The van der Waals surface area contributed by atoms with E-state index >= 15 is 0 Å². The molecule has 36 heavy (non-hydrogen) atoms. The van der Waals surface area contributed by atoms with Crippen LogP contribution in [0.15, 0.2) is 53.8 Å². The van der Waals surface area contributed by atoms with E-state index in [1.54, 1.807) is 35.7 Å². The number of ether oxygens (including phenoxy) is 2. The van der Waals surface area contributed by atoms with E-state index in [0.29, 0.717) is 46.9 Å². The molecule has 0 fully saturated rings. The van der Waals surface area contributed by atoms with Gasteiger partial charge >= 0.3 is 5.97 Å². The molecule has 1 N–H and O–H groups in total. The van der Waals surface area contributed by atoms with Crippen LogP contribution < -0.4 is 10.1 Å². The Morgan fingerprint density at radius 2 is 1.97 bits per heavy atom. The lowest BCUT2D eigenvalue weighted by Crippen LogP contribution is -2.11. The minimum Gasteiger partial charge on any atom is -0.493 e. The van der Waals surface area contributed by atoms with Gasteiger partial charge in [0.05, 0.1) is 23.6 Å². The fourth-order valence-corrected chi connectivity index (χ4v) is 4.89. The van der Waals surface area contributed by atoms with Crippen LogP contribution >= 0.6 is 0 Å². The SMILES string of the molecule is CCOC(=O)c1ncn2c(NCc3c(F)ccc4c3CCO4)ncc(-c3ccc(S(C)(=O)=O)cc3)c12. The van der Waals surface area contributed by atoms with Crippen LogP contribution in [0.5, 0.6) is 5.75 Å². The van der Waals surface area contributed by atoms with Crippen molar-refractivity contribution in [3.05, 3.63) is 71.6 Å². The van der Waals surface area contributed by atoms with Gasteiger partial charge in [-0.05, 0) is 36.8 Å². The Morgan fingerprint density at radius 3 is 2.69 bits per heavy atom. The Kier molecular flexibility index (Phi) is 6.09. The molecule has 3 heterocycles. The van der Waals surface area contributed by atoms with E-state index in [1.165, 1.54) is 24.5 Å². The minimum atomic E-state index is -3.37. The summed E-state index contributed by atoms with van der Waals surface area (Å²) >= 11 is 0. The second-order valence-corrected chi connectivity index (χ2v) is 10.3. The first-order valence-corrected chi connectivity index (χ1v) is 13.2. The molecule has 1 aliphatic heterocycles. The molecule has 2 aromatic carbocycles. The lowest BCUT2D eigenvalue weighted by atomic mass is 10.0. The standard InChI is InChI=1S/C25H23FN4O5S/c1-3-34-24(31)22-23-18(15-4-6-16(7-5-15)36(2,32)33)12-27-25(30(23)14-29-22)28-13-19-17-10-11-35-21(17)9-8-20(19)26/h4-9,12,14H,3,10-11,13H2,1-2H3,(H,27,28). The number of hydrogen-bond acceptors (Lipinski definition) is 8. The minimum absolute atomic E-state index is 0.0877. The molecule has 0 bridgehead atoms. The van der Waals surface area contributed by atoms with Crippen molar-refractivity contribution < 1.29 is 27.1 Å². The lowest BCUT2D eigenvalue weighted by molar-refractivity contribution is 0.0522. The Labute approximate surface area is 206 Å². The van der Waals surface area contributed by atoms with Gasteiger partial charge < -0.3 is 14.8 Å². The highest BCUT2D eigenvalue weighted by Gasteiger charge is 2.23. The molecule has 9 nitrogen and oxygen atoms in total. The number of sulfone groups is 1. The van der Waals surface area contributed by atoms with Gasteiger partial charge in [0.25, 0.3) is 0 Å². The van der Waals surface area contributed by atoms with Gasteiger partial charge in [0.1, 0.15) is 17.9 Å². The molecular weight excluding hydrogens is 487 g/mol. The Balaban J connectivity index is 1.57. The molecule has 11 heteroatoms. The number of benzene rings is 2. The van der Waals surface area contributed by atoms with Crippen molar-refractivity contribution >= 4 is 27.3 Å². The second kappa shape index (κ2) is 9.23. The zero-order valence-electron chi connectivity index (χ0n) is 19.6. The summed E-state index contributed by atoms with van der Waals surface area (Å²) in [6, 6.07) is 9.28. The lowest BCUT2D eigenvalue weighted by Gasteiger charge is -2.14. The van der Waals surface area contributed by atoms with Crippen LogP contribution in [0.4, 0.5) is 10.3 Å². The number of aromatic nitrogens is 3. The molecule has 0 saturated carbocycles. The predicted molar refractivity (Wildman–Crippen MR) is 130 cm³/mol. The van der Waals surface area contributed by atoms with E-state index in [9.17, 15) is 17.6 Å². The summed E-state index contributed by atoms with van der Waals surface area (Å²) in [4.78, 5) is 21.6. The number of carbonyl (C=O) groups is 1. The molecule has 0 saturated heterocycles. The third kappa shape index (κ3) is 4.26. The van der Waals surface area contributed by atoms with E-state index in [1.807, 2.05) is 0 Å².